The Labute approximate surface area is 169 Å². The van der Waals surface area contributed by atoms with E-state index < -0.39 is 0 Å². The van der Waals surface area contributed by atoms with Gasteiger partial charge in [-0.05, 0) is 47.0 Å². The van der Waals surface area contributed by atoms with Crippen LogP contribution in [0.25, 0.3) is 16.8 Å². The van der Waals surface area contributed by atoms with Gasteiger partial charge in [0.15, 0.2) is 0 Å². The van der Waals surface area contributed by atoms with Crippen LogP contribution in [0.4, 0.5) is 5.69 Å². The van der Waals surface area contributed by atoms with Gasteiger partial charge >= 0.3 is 0 Å². The number of carbonyl (C=O) groups is 2. The molecule has 3 aromatic carbocycles. The number of carbonyl (C=O) groups excluding carboxylic acids is 2. The smallest absolute Gasteiger partial charge is 0.252 e. The lowest BCUT2D eigenvalue weighted by molar-refractivity contribution is -0.111. The second-order valence-electron chi connectivity index (χ2n) is 6.34. The van der Waals surface area contributed by atoms with E-state index in [4.69, 9.17) is 11.6 Å². The molecule has 0 heterocycles. The zero-order chi connectivity index (χ0) is 19.9. The first-order valence-electron chi connectivity index (χ1n) is 9.13. The van der Waals surface area contributed by atoms with Crippen LogP contribution in [0.5, 0.6) is 0 Å². The van der Waals surface area contributed by atoms with Crippen molar-refractivity contribution in [2.75, 3.05) is 11.9 Å². The van der Waals surface area contributed by atoms with Gasteiger partial charge < -0.3 is 10.6 Å². The van der Waals surface area contributed by atoms with Crippen LogP contribution in [0.2, 0.25) is 5.02 Å². The van der Waals surface area contributed by atoms with Crippen molar-refractivity contribution in [1.82, 2.24) is 5.32 Å². The predicted molar refractivity (Wildman–Crippen MR) is 116 cm³/mol. The average molecular weight is 393 g/mol. The van der Waals surface area contributed by atoms with Gasteiger partial charge in [-0.2, -0.15) is 0 Å². The van der Waals surface area contributed by atoms with Gasteiger partial charge in [-0.25, -0.2) is 0 Å². The van der Waals surface area contributed by atoms with Crippen LogP contribution in [-0.4, -0.2) is 18.4 Å². The third kappa shape index (κ3) is 4.78. The Balaban J connectivity index is 1.70. The van der Waals surface area contributed by atoms with Gasteiger partial charge in [0, 0.05) is 18.3 Å². The number of rotatable bonds is 6. The molecule has 4 nitrogen and oxygen atoms in total. The molecule has 142 valence electrons. The summed E-state index contributed by atoms with van der Waals surface area (Å²) in [6.45, 7) is 2.57. The van der Waals surface area contributed by atoms with E-state index in [2.05, 4.69) is 10.6 Å². The van der Waals surface area contributed by atoms with Crippen LogP contribution in [-0.2, 0) is 4.79 Å². The molecule has 3 aromatic rings. The third-order valence-corrected chi connectivity index (χ3v) is 4.57. The van der Waals surface area contributed by atoms with E-state index in [9.17, 15) is 9.59 Å². The molecule has 0 unspecified atom stereocenters. The van der Waals surface area contributed by atoms with Crippen LogP contribution >= 0.6 is 11.6 Å². The van der Waals surface area contributed by atoms with Crippen molar-refractivity contribution in [2.45, 2.75) is 13.3 Å². The van der Waals surface area contributed by atoms with Crippen molar-refractivity contribution < 1.29 is 9.59 Å². The highest BCUT2D eigenvalue weighted by molar-refractivity contribution is 6.34. The van der Waals surface area contributed by atoms with Crippen molar-refractivity contribution >= 4 is 46.0 Å². The molecule has 0 saturated carbocycles. The first-order chi connectivity index (χ1) is 13.6. The molecule has 0 saturated heterocycles. The van der Waals surface area contributed by atoms with Gasteiger partial charge in [-0.1, -0.05) is 61.0 Å². The van der Waals surface area contributed by atoms with Gasteiger partial charge in [-0.15, -0.1) is 0 Å². The topological polar surface area (TPSA) is 58.2 Å². The molecule has 0 aliphatic heterocycles. The van der Waals surface area contributed by atoms with E-state index in [0.29, 0.717) is 22.8 Å². The molecule has 0 radical (unpaired) electrons. The summed E-state index contributed by atoms with van der Waals surface area (Å²) < 4.78 is 0. The van der Waals surface area contributed by atoms with Crippen molar-refractivity contribution in [3.63, 3.8) is 0 Å². The van der Waals surface area contributed by atoms with Gasteiger partial charge in [0.1, 0.15) is 0 Å². The quantitative estimate of drug-likeness (QED) is 0.560. The maximum atomic E-state index is 12.3. The summed E-state index contributed by atoms with van der Waals surface area (Å²) in [5.74, 6) is -0.493. The number of hydrogen-bond acceptors (Lipinski definition) is 2. The van der Waals surface area contributed by atoms with E-state index in [1.54, 1.807) is 24.3 Å². The zero-order valence-electron chi connectivity index (χ0n) is 15.5. The zero-order valence-corrected chi connectivity index (χ0v) is 16.3. The summed E-state index contributed by atoms with van der Waals surface area (Å²) in [4.78, 5) is 24.3. The Kier molecular flexibility index (Phi) is 6.45. The Morgan fingerprint density at radius 1 is 1.04 bits per heavy atom. The normalized spacial score (nSPS) is 10.9. The van der Waals surface area contributed by atoms with Crippen molar-refractivity contribution in [3.8, 4) is 0 Å². The van der Waals surface area contributed by atoms with E-state index in [1.807, 2.05) is 49.4 Å². The lowest BCUT2D eigenvalue weighted by atomic mass is 10.0. The van der Waals surface area contributed by atoms with E-state index in [1.165, 1.54) is 6.08 Å². The highest BCUT2D eigenvalue weighted by Gasteiger charge is 2.10. The fraction of sp³-hybridized carbons (Fsp3) is 0.130. The summed E-state index contributed by atoms with van der Waals surface area (Å²) in [5.41, 5.74) is 1.89. The molecule has 2 amide bonds. The SMILES string of the molecule is CCCNC(=O)c1ccc(NC(=O)C=Cc2cccc3ccccc23)cc1Cl. The average Bonchev–Trinajstić information content (AvgIpc) is 2.70. The summed E-state index contributed by atoms with van der Waals surface area (Å²) in [6.07, 6.45) is 4.11. The van der Waals surface area contributed by atoms with Gasteiger partial charge in [0.05, 0.1) is 10.6 Å². The molecular weight excluding hydrogens is 372 g/mol. The molecular formula is C23H21ClN2O2. The Hall–Kier alpha value is -3.11. The molecule has 3 rings (SSSR count). The molecule has 0 aromatic heterocycles. The minimum Gasteiger partial charge on any atom is -0.352 e. The predicted octanol–water partition coefficient (Wildman–Crippen LogP) is 5.28. The van der Waals surface area contributed by atoms with Crippen LogP contribution in [0.1, 0.15) is 29.3 Å². The molecule has 0 bridgehead atoms. The van der Waals surface area contributed by atoms with E-state index in [-0.39, 0.29) is 11.8 Å². The van der Waals surface area contributed by atoms with Crippen LogP contribution < -0.4 is 10.6 Å². The molecule has 0 aliphatic rings. The number of hydrogen-bond donors (Lipinski definition) is 2. The third-order valence-electron chi connectivity index (χ3n) is 4.25. The maximum Gasteiger partial charge on any atom is 0.252 e. The monoisotopic (exact) mass is 392 g/mol. The minimum atomic E-state index is -0.271. The van der Waals surface area contributed by atoms with Crippen molar-refractivity contribution in [1.29, 1.82) is 0 Å². The summed E-state index contributed by atoms with van der Waals surface area (Å²) in [6, 6.07) is 18.8. The first kappa shape index (κ1) is 19.6. The Morgan fingerprint density at radius 2 is 1.82 bits per heavy atom. The maximum absolute atomic E-state index is 12.3. The number of amides is 2. The van der Waals surface area contributed by atoms with Crippen molar-refractivity contribution in [3.05, 3.63) is 82.9 Å². The second-order valence-corrected chi connectivity index (χ2v) is 6.75. The molecule has 2 N–H and O–H groups in total. The van der Waals surface area contributed by atoms with Gasteiger partial charge in [0.25, 0.3) is 5.91 Å². The Bertz CT molecular complexity index is 1040. The molecule has 0 fully saturated rings. The number of halogens is 1. The fourth-order valence-corrected chi connectivity index (χ4v) is 3.12. The molecule has 0 spiro atoms. The minimum absolute atomic E-state index is 0.222. The number of anilines is 1. The van der Waals surface area contributed by atoms with E-state index in [0.717, 1.165) is 22.8 Å². The second kappa shape index (κ2) is 9.20. The van der Waals surface area contributed by atoms with Crippen molar-refractivity contribution in [2.24, 2.45) is 0 Å². The summed E-state index contributed by atoms with van der Waals surface area (Å²) in [7, 11) is 0. The molecule has 28 heavy (non-hydrogen) atoms. The van der Waals surface area contributed by atoms with Crippen LogP contribution in [0.3, 0.4) is 0 Å². The molecule has 5 heteroatoms. The highest BCUT2D eigenvalue weighted by atomic mass is 35.5. The van der Waals surface area contributed by atoms with Gasteiger partial charge in [-0.3, -0.25) is 9.59 Å². The summed E-state index contributed by atoms with van der Waals surface area (Å²) >= 11 is 6.19. The van der Waals surface area contributed by atoms with Crippen LogP contribution in [0.15, 0.2) is 66.7 Å². The lowest BCUT2D eigenvalue weighted by Gasteiger charge is -2.08. The Morgan fingerprint density at radius 3 is 2.61 bits per heavy atom. The number of fused-ring (bicyclic) bond motifs is 1. The standard InChI is InChI=1S/C23H21ClN2O2/c1-2-14-25-23(28)20-12-11-18(15-21(20)24)26-22(27)13-10-17-8-5-7-16-6-3-4-9-19(16)17/h3-13,15H,2,14H2,1H3,(H,25,28)(H,26,27). The molecule has 0 atom stereocenters. The fourth-order valence-electron chi connectivity index (χ4n) is 2.86. The lowest BCUT2D eigenvalue weighted by Crippen LogP contribution is -2.24. The first-order valence-corrected chi connectivity index (χ1v) is 9.51. The molecule has 0 aliphatic carbocycles. The summed E-state index contributed by atoms with van der Waals surface area (Å²) in [5, 5.41) is 8.05. The highest BCUT2D eigenvalue weighted by Crippen LogP contribution is 2.22. The largest absolute Gasteiger partial charge is 0.352 e. The number of benzene rings is 3. The number of nitrogens with one attached hydrogen (secondary N) is 2. The van der Waals surface area contributed by atoms with Gasteiger partial charge in [0.2, 0.25) is 5.91 Å². The van der Waals surface area contributed by atoms with E-state index >= 15 is 0 Å². The van der Waals surface area contributed by atoms with Crippen LogP contribution in [0, 0.1) is 0 Å².